The van der Waals surface area contributed by atoms with Crippen LogP contribution >= 0.6 is 11.8 Å². The number of nitrogen functional groups attached to an aromatic ring is 1. The lowest BCUT2D eigenvalue weighted by molar-refractivity contribution is -0.0289. The Morgan fingerprint density at radius 1 is 1.30 bits per heavy atom. The van der Waals surface area contributed by atoms with Crippen LogP contribution in [0.3, 0.4) is 0 Å². The second-order valence-corrected chi connectivity index (χ2v) is 7.69. The predicted molar refractivity (Wildman–Crippen MR) is 105 cm³/mol. The molecule has 4 N–H and O–H groups in total. The van der Waals surface area contributed by atoms with E-state index in [0.29, 0.717) is 22.7 Å². The van der Waals surface area contributed by atoms with E-state index in [1.54, 1.807) is 16.3 Å². The van der Waals surface area contributed by atoms with E-state index in [1.807, 2.05) is 6.92 Å². The monoisotopic (exact) mass is 391 g/mol. The summed E-state index contributed by atoms with van der Waals surface area (Å²) >= 11 is 1.65. The first-order valence-corrected chi connectivity index (χ1v) is 10.3. The maximum Gasteiger partial charge on any atom is 0.208 e. The van der Waals surface area contributed by atoms with Gasteiger partial charge in [0.2, 0.25) is 5.82 Å². The second-order valence-electron chi connectivity index (χ2n) is 6.37. The molecule has 0 bridgehead atoms. The van der Waals surface area contributed by atoms with Crippen molar-refractivity contribution in [3.63, 3.8) is 0 Å². The minimum Gasteiger partial charge on any atom is -0.387 e. The molecule has 1 fully saturated rings. The summed E-state index contributed by atoms with van der Waals surface area (Å²) in [6.45, 7) is 4.14. The Balaban J connectivity index is 1.90. The summed E-state index contributed by atoms with van der Waals surface area (Å²) in [5.74, 6) is 8.01. The summed E-state index contributed by atoms with van der Waals surface area (Å²) in [6.07, 6.45) is 1.05. The van der Waals surface area contributed by atoms with Crippen molar-refractivity contribution in [2.75, 3.05) is 17.2 Å². The van der Waals surface area contributed by atoms with Crippen LogP contribution in [-0.4, -0.2) is 59.5 Å². The highest BCUT2D eigenvalue weighted by molar-refractivity contribution is 7.99. The van der Waals surface area contributed by atoms with Crippen LogP contribution in [0.25, 0.3) is 11.2 Å². The van der Waals surface area contributed by atoms with E-state index in [-0.39, 0.29) is 5.82 Å². The second kappa shape index (κ2) is 8.89. The highest BCUT2D eigenvalue weighted by Crippen LogP contribution is 2.33. The predicted octanol–water partition coefficient (Wildman–Crippen LogP) is 1.32. The van der Waals surface area contributed by atoms with Crippen LogP contribution in [0.15, 0.2) is 6.33 Å². The summed E-state index contributed by atoms with van der Waals surface area (Å²) in [5, 5.41) is 20.8. The van der Waals surface area contributed by atoms with Crippen molar-refractivity contribution in [2.24, 2.45) is 0 Å². The van der Waals surface area contributed by atoms with E-state index in [4.69, 9.17) is 10.5 Å². The van der Waals surface area contributed by atoms with Gasteiger partial charge in [-0.15, -0.1) is 0 Å². The number of fused-ring (bicyclic) bond motifs is 1. The van der Waals surface area contributed by atoms with Gasteiger partial charge in [-0.1, -0.05) is 26.2 Å². The quantitative estimate of drug-likeness (QED) is 0.498. The Labute approximate surface area is 162 Å². The molecule has 4 atom stereocenters. The molecule has 3 heterocycles. The maximum absolute atomic E-state index is 10.5. The van der Waals surface area contributed by atoms with Crippen LogP contribution in [0.1, 0.15) is 45.2 Å². The molecule has 1 aliphatic heterocycles. The largest absolute Gasteiger partial charge is 0.387 e. The first kappa shape index (κ1) is 19.9. The third-order valence-electron chi connectivity index (χ3n) is 4.40. The average molecular weight is 391 g/mol. The van der Waals surface area contributed by atoms with E-state index in [0.717, 1.165) is 25.0 Å². The molecule has 1 saturated heterocycles. The normalized spacial score (nSPS) is 24.9. The van der Waals surface area contributed by atoms with Crippen LogP contribution < -0.4 is 5.73 Å². The van der Waals surface area contributed by atoms with Crippen molar-refractivity contribution in [1.82, 2.24) is 19.5 Å². The fraction of sp³-hybridized carbons (Fsp3) is 0.611. The van der Waals surface area contributed by atoms with Gasteiger partial charge in [0, 0.05) is 12.2 Å². The molecule has 0 radical (unpaired) electrons. The van der Waals surface area contributed by atoms with Crippen LogP contribution in [0.4, 0.5) is 5.82 Å². The van der Waals surface area contributed by atoms with Crippen molar-refractivity contribution < 1.29 is 14.9 Å². The van der Waals surface area contributed by atoms with E-state index >= 15 is 0 Å². The van der Waals surface area contributed by atoms with Crippen LogP contribution in [0.5, 0.6) is 0 Å². The number of aliphatic hydroxyl groups is 2. The number of rotatable bonds is 6. The number of hydrogen-bond acceptors (Lipinski definition) is 8. The first-order valence-electron chi connectivity index (χ1n) is 9.15. The zero-order valence-electron chi connectivity index (χ0n) is 15.5. The van der Waals surface area contributed by atoms with Crippen molar-refractivity contribution in [3.05, 3.63) is 12.2 Å². The Bertz CT molecular complexity index is 847. The van der Waals surface area contributed by atoms with Gasteiger partial charge in [-0.3, -0.25) is 4.57 Å². The number of ether oxygens (including phenoxy) is 1. The van der Waals surface area contributed by atoms with Crippen LogP contribution in [-0.2, 0) is 4.74 Å². The summed E-state index contributed by atoms with van der Waals surface area (Å²) in [5.41, 5.74) is 6.86. The minimum atomic E-state index is -1.08. The zero-order chi connectivity index (χ0) is 19.4. The van der Waals surface area contributed by atoms with Gasteiger partial charge in [0.25, 0.3) is 0 Å². The fourth-order valence-electron chi connectivity index (χ4n) is 2.92. The third kappa shape index (κ3) is 4.19. The molecule has 1 aliphatic rings. The molecule has 8 nitrogen and oxygen atoms in total. The van der Waals surface area contributed by atoms with Gasteiger partial charge in [0.1, 0.15) is 17.7 Å². The molecule has 0 aromatic carbocycles. The third-order valence-corrected chi connectivity index (χ3v) is 5.37. The number of aromatic nitrogens is 4. The van der Waals surface area contributed by atoms with Gasteiger partial charge in [-0.25, -0.2) is 15.0 Å². The Kier molecular flexibility index (Phi) is 6.55. The number of nitrogens with two attached hydrogens (primary N) is 1. The van der Waals surface area contributed by atoms with Gasteiger partial charge in [0.05, 0.1) is 12.4 Å². The number of hydrogen-bond donors (Lipinski definition) is 3. The number of anilines is 1. The highest BCUT2D eigenvalue weighted by Gasteiger charge is 2.44. The van der Waals surface area contributed by atoms with Crippen molar-refractivity contribution in [3.8, 4) is 11.8 Å². The number of unbranched alkanes of at least 4 members (excludes halogenated alkanes) is 2. The van der Waals surface area contributed by atoms with E-state index in [2.05, 4.69) is 33.7 Å². The Morgan fingerprint density at radius 3 is 2.85 bits per heavy atom. The minimum absolute atomic E-state index is 0.227. The Morgan fingerprint density at radius 2 is 2.11 bits per heavy atom. The summed E-state index contributed by atoms with van der Waals surface area (Å²) in [4.78, 5) is 12.9. The average Bonchev–Trinajstić information content (AvgIpc) is 3.19. The van der Waals surface area contributed by atoms with E-state index < -0.39 is 24.5 Å². The molecular formula is C18H25N5O3S. The summed E-state index contributed by atoms with van der Waals surface area (Å²) < 4.78 is 7.49. The fourth-order valence-corrected chi connectivity index (χ4v) is 3.66. The smallest absolute Gasteiger partial charge is 0.208 e. The number of thioether (sulfide) groups is 1. The lowest BCUT2D eigenvalue weighted by Gasteiger charge is -2.16. The molecule has 146 valence electrons. The van der Waals surface area contributed by atoms with Gasteiger partial charge in [-0.2, -0.15) is 11.8 Å². The topological polar surface area (TPSA) is 119 Å². The molecule has 0 amide bonds. The molecule has 9 heteroatoms. The standard InChI is InChI=1S/C18H25N5O3S/c1-3-5-6-7-8-12-21-16(19)13-17(22-12)23(10-20-13)18-15(25)14(24)11(26-18)9-27-4-2/h10-11,14-15,18,24-25H,3-6,9H2,1-2H3,(H2,19,21,22)/t11-,14?,15?,18-/m1/s1. The maximum atomic E-state index is 10.5. The zero-order valence-corrected chi connectivity index (χ0v) is 16.3. The molecule has 2 aromatic rings. The SMILES string of the molecule is CCCCC#Cc1nc(N)c2ncn([C@@H]3O[C@H](CSCC)C(O)C3O)c2n1. The molecular weight excluding hydrogens is 366 g/mol. The van der Waals surface area contributed by atoms with Gasteiger partial charge < -0.3 is 20.7 Å². The van der Waals surface area contributed by atoms with Gasteiger partial charge >= 0.3 is 0 Å². The van der Waals surface area contributed by atoms with Gasteiger partial charge in [0.15, 0.2) is 17.7 Å². The number of imidazole rings is 1. The highest BCUT2D eigenvalue weighted by atomic mass is 32.2. The number of nitrogens with zero attached hydrogens (tertiary/aromatic N) is 4. The van der Waals surface area contributed by atoms with Crippen molar-refractivity contribution in [2.45, 2.75) is 57.6 Å². The lowest BCUT2D eigenvalue weighted by atomic mass is 10.1. The van der Waals surface area contributed by atoms with E-state index in [1.165, 1.54) is 6.33 Å². The number of aliphatic hydroxyl groups excluding tert-OH is 2. The van der Waals surface area contributed by atoms with E-state index in [9.17, 15) is 10.2 Å². The first-order chi connectivity index (χ1) is 13.1. The van der Waals surface area contributed by atoms with Crippen LogP contribution in [0, 0.1) is 11.8 Å². The van der Waals surface area contributed by atoms with Gasteiger partial charge in [-0.05, 0) is 18.1 Å². The molecule has 2 unspecified atom stereocenters. The summed E-state index contributed by atoms with van der Waals surface area (Å²) in [7, 11) is 0. The molecule has 27 heavy (non-hydrogen) atoms. The summed E-state index contributed by atoms with van der Waals surface area (Å²) in [6, 6.07) is 0. The molecule has 0 aliphatic carbocycles. The molecule has 0 saturated carbocycles. The molecule has 3 rings (SSSR count). The molecule has 0 spiro atoms. The Hall–Kier alpha value is -1.86. The molecule has 2 aromatic heterocycles. The van der Waals surface area contributed by atoms with Crippen molar-refractivity contribution in [1.29, 1.82) is 0 Å². The lowest BCUT2D eigenvalue weighted by Crippen LogP contribution is -2.32. The van der Waals surface area contributed by atoms with Crippen molar-refractivity contribution >= 4 is 28.7 Å². The van der Waals surface area contributed by atoms with Crippen LogP contribution in [0.2, 0.25) is 0 Å².